The third-order valence-electron chi connectivity index (χ3n) is 7.99. The van der Waals surface area contributed by atoms with Gasteiger partial charge in [0.2, 0.25) is 5.43 Å². The first kappa shape index (κ1) is 27.9. The van der Waals surface area contributed by atoms with Gasteiger partial charge in [0.05, 0.1) is 12.4 Å². The summed E-state index contributed by atoms with van der Waals surface area (Å²) in [5, 5.41) is 12.8. The largest absolute Gasteiger partial charge is 0.458 e. The lowest BCUT2D eigenvalue weighted by Gasteiger charge is -2.37. The molecule has 2 atom stereocenters. The molecule has 0 spiro atoms. The summed E-state index contributed by atoms with van der Waals surface area (Å²) in [7, 11) is 3.69. The van der Waals surface area contributed by atoms with E-state index in [1.165, 1.54) is 6.20 Å². The van der Waals surface area contributed by atoms with Crippen molar-refractivity contribution < 1.29 is 19.1 Å². The Labute approximate surface area is 246 Å². The van der Waals surface area contributed by atoms with Crippen LogP contribution < -0.4 is 15.6 Å². The van der Waals surface area contributed by atoms with Crippen LogP contribution in [0, 0.1) is 0 Å². The van der Waals surface area contributed by atoms with E-state index in [9.17, 15) is 19.5 Å². The van der Waals surface area contributed by atoms with Gasteiger partial charge in [0.1, 0.15) is 41.6 Å². The van der Waals surface area contributed by atoms with Crippen LogP contribution in [0.25, 0.3) is 21.9 Å². The van der Waals surface area contributed by atoms with Crippen LogP contribution >= 0.6 is 11.6 Å². The van der Waals surface area contributed by atoms with E-state index in [2.05, 4.69) is 0 Å². The summed E-state index contributed by atoms with van der Waals surface area (Å²) in [6.07, 6.45) is 0.503. The Morgan fingerprint density at radius 1 is 1.12 bits per heavy atom. The highest BCUT2D eigenvalue weighted by Gasteiger charge is 2.42. The SMILES string of the molecule is CN(Cc1cc2c3c(c1)c(=O)c(C(N)=O)cn3CC(=O)[N+]2(C)Cc1ccc(Cl)cc1)C[C@H](O)c1cc2ccccc2o1. The zero-order valence-corrected chi connectivity index (χ0v) is 24.0. The van der Waals surface area contributed by atoms with Crippen LogP contribution in [0.5, 0.6) is 0 Å². The number of rotatable bonds is 8. The summed E-state index contributed by atoms with van der Waals surface area (Å²) in [6, 6.07) is 20.4. The fourth-order valence-corrected chi connectivity index (χ4v) is 5.96. The van der Waals surface area contributed by atoms with Gasteiger partial charge in [-0.1, -0.05) is 41.9 Å². The minimum Gasteiger partial charge on any atom is -0.458 e. The molecule has 6 rings (SSSR count). The van der Waals surface area contributed by atoms with Crippen LogP contribution in [0.1, 0.15) is 33.3 Å². The quantitative estimate of drug-likeness (QED) is 0.262. The average molecular weight is 586 g/mol. The number of pyridine rings is 1. The van der Waals surface area contributed by atoms with E-state index in [1.54, 1.807) is 22.8 Å². The number of halogens is 1. The molecule has 9 nitrogen and oxygen atoms in total. The number of carbonyl (C=O) groups excluding carboxylic acids is 2. The van der Waals surface area contributed by atoms with Gasteiger partial charge in [-0.05, 0) is 42.9 Å². The molecule has 0 bridgehead atoms. The van der Waals surface area contributed by atoms with Gasteiger partial charge < -0.3 is 19.8 Å². The molecule has 5 aromatic rings. The third-order valence-corrected chi connectivity index (χ3v) is 8.24. The third kappa shape index (κ3) is 4.90. The van der Waals surface area contributed by atoms with Crippen molar-refractivity contribution in [3.8, 4) is 0 Å². The van der Waals surface area contributed by atoms with Gasteiger partial charge in [0.15, 0.2) is 5.69 Å². The normalized spacial score (nSPS) is 17.3. The number of fused-ring (bicyclic) bond motifs is 1. The van der Waals surface area contributed by atoms with E-state index >= 15 is 0 Å². The van der Waals surface area contributed by atoms with Gasteiger partial charge >= 0.3 is 5.91 Å². The molecule has 0 saturated carbocycles. The number of likely N-dealkylation sites (N-methyl/N-ethyl adjacent to an activating group) is 2. The molecule has 1 aliphatic heterocycles. The number of furan rings is 1. The van der Waals surface area contributed by atoms with Gasteiger partial charge in [0, 0.05) is 41.3 Å². The molecule has 1 unspecified atom stereocenters. The molecule has 42 heavy (non-hydrogen) atoms. The molecule has 2 aromatic heterocycles. The smallest absolute Gasteiger partial charge is 0.338 e. The van der Waals surface area contributed by atoms with Crippen LogP contribution in [0.15, 0.2) is 82.1 Å². The van der Waals surface area contributed by atoms with Crippen LogP contribution in [0.2, 0.25) is 5.02 Å². The maximum atomic E-state index is 13.7. The fourth-order valence-electron chi connectivity index (χ4n) is 5.84. The maximum absolute atomic E-state index is 13.7. The predicted molar refractivity (Wildman–Crippen MR) is 162 cm³/mol. The van der Waals surface area contributed by atoms with Crippen LogP contribution in [0.4, 0.5) is 5.69 Å². The van der Waals surface area contributed by atoms with E-state index in [1.807, 2.05) is 67.5 Å². The van der Waals surface area contributed by atoms with Crippen molar-refractivity contribution >= 4 is 51.0 Å². The molecule has 3 N–H and O–H groups in total. The molecule has 1 aliphatic rings. The molecule has 0 radical (unpaired) electrons. The molecular formula is C32H30ClN4O5+. The number of aromatic nitrogens is 1. The molecule has 214 valence electrons. The summed E-state index contributed by atoms with van der Waals surface area (Å²) in [5.41, 5.74) is 8.50. The van der Waals surface area contributed by atoms with Gasteiger partial charge in [0.25, 0.3) is 5.91 Å². The highest BCUT2D eigenvalue weighted by molar-refractivity contribution is 6.30. The Hall–Kier alpha value is -4.28. The number of hydrogen-bond acceptors (Lipinski definition) is 6. The van der Waals surface area contributed by atoms with Crippen molar-refractivity contribution in [2.75, 3.05) is 20.6 Å². The standard InChI is InChI=1S/C32H29ClN4O5/c1-35(16-26(38)28-13-21-5-3-4-6-27(21)42-28)14-20-11-23-30-25(12-20)37(2,18-19-7-9-22(33)10-8-19)29(39)17-36(30)15-24(31(23)40)32(34)41/h3-13,15,26,38H,14,16-18H2,1-2H3,(H-,34,41)/p+1/t26-,37?/m0/s1. The topological polar surface area (TPSA) is 119 Å². The minimum atomic E-state index is -0.882. The molecule has 0 saturated heterocycles. The minimum absolute atomic E-state index is 0.0168. The summed E-state index contributed by atoms with van der Waals surface area (Å²) in [6.45, 7) is 0.947. The predicted octanol–water partition coefficient (Wildman–Crippen LogP) is 4.34. The number of amides is 2. The summed E-state index contributed by atoms with van der Waals surface area (Å²) in [5.74, 6) is -0.493. The lowest BCUT2D eigenvalue weighted by molar-refractivity contribution is -0.130. The van der Waals surface area contributed by atoms with E-state index in [0.29, 0.717) is 46.0 Å². The Morgan fingerprint density at radius 3 is 2.57 bits per heavy atom. The van der Waals surface area contributed by atoms with Crippen molar-refractivity contribution in [1.82, 2.24) is 14.0 Å². The first-order chi connectivity index (χ1) is 20.0. The number of benzene rings is 3. The molecule has 2 amide bonds. The molecular weight excluding hydrogens is 556 g/mol. The summed E-state index contributed by atoms with van der Waals surface area (Å²) < 4.78 is 7.41. The van der Waals surface area contributed by atoms with Crippen LogP contribution in [-0.4, -0.2) is 47.0 Å². The first-order valence-electron chi connectivity index (χ1n) is 13.5. The fraction of sp³-hybridized carbons (Fsp3) is 0.219. The Bertz CT molecular complexity index is 1900. The highest BCUT2D eigenvalue weighted by atomic mass is 35.5. The van der Waals surface area contributed by atoms with Gasteiger partial charge in [-0.3, -0.25) is 14.5 Å². The van der Waals surface area contributed by atoms with Crippen LogP contribution in [0.3, 0.4) is 0 Å². The molecule has 0 fully saturated rings. The Balaban J connectivity index is 1.40. The number of nitrogens with zero attached hydrogens (tertiary/aromatic N) is 3. The maximum Gasteiger partial charge on any atom is 0.338 e. The molecule has 3 aromatic carbocycles. The average Bonchev–Trinajstić information content (AvgIpc) is 3.39. The van der Waals surface area contributed by atoms with Crippen molar-refractivity contribution in [2.24, 2.45) is 5.73 Å². The molecule has 3 heterocycles. The number of aliphatic hydroxyl groups is 1. The second-order valence-electron chi connectivity index (χ2n) is 11.1. The lowest BCUT2D eigenvalue weighted by atomic mass is 10.0. The number of hydrogen-bond donors (Lipinski definition) is 2. The lowest BCUT2D eigenvalue weighted by Crippen LogP contribution is -2.54. The monoisotopic (exact) mass is 585 g/mol. The van der Waals surface area contributed by atoms with Crippen molar-refractivity contribution in [3.05, 3.63) is 111 Å². The van der Waals surface area contributed by atoms with E-state index in [4.69, 9.17) is 21.8 Å². The number of para-hydroxylation sites is 1. The number of quaternary nitrogens is 1. The second kappa shape index (κ2) is 10.5. The second-order valence-corrected chi connectivity index (χ2v) is 11.6. The van der Waals surface area contributed by atoms with Gasteiger partial charge in [-0.15, -0.1) is 0 Å². The van der Waals surface area contributed by atoms with Gasteiger partial charge in [-0.25, -0.2) is 9.28 Å². The van der Waals surface area contributed by atoms with Crippen molar-refractivity contribution in [2.45, 2.75) is 25.7 Å². The Morgan fingerprint density at radius 2 is 1.86 bits per heavy atom. The summed E-state index contributed by atoms with van der Waals surface area (Å²) >= 11 is 6.10. The first-order valence-corrected chi connectivity index (χ1v) is 13.9. The van der Waals surface area contributed by atoms with E-state index < -0.39 is 17.4 Å². The molecule has 10 heteroatoms. The highest BCUT2D eigenvalue weighted by Crippen LogP contribution is 2.37. The van der Waals surface area contributed by atoms with Crippen molar-refractivity contribution in [3.63, 3.8) is 0 Å². The number of primary amides is 1. The number of aliphatic hydroxyl groups excluding tert-OH is 1. The number of carbonyl (C=O) groups is 2. The van der Waals surface area contributed by atoms with Crippen LogP contribution in [-0.2, 0) is 24.4 Å². The summed E-state index contributed by atoms with van der Waals surface area (Å²) in [4.78, 5) is 41.3. The molecule has 0 aliphatic carbocycles. The zero-order valence-electron chi connectivity index (χ0n) is 23.2. The Kier molecular flexibility index (Phi) is 6.98. The number of nitrogens with two attached hydrogens (primary N) is 1. The van der Waals surface area contributed by atoms with E-state index in [0.717, 1.165) is 16.5 Å². The van der Waals surface area contributed by atoms with Crippen molar-refractivity contribution in [1.29, 1.82) is 0 Å². The van der Waals surface area contributed by atoms with Gasteiger partial charge in [-0.2, -0.15) is 0 Å². The zero-order chi connectivity index (χ0) is 29.8. The van der Waals surface area contributed by atoms with E-state index in [-0.39, 0.29) is 29.0 Å².